The Morgan fingerprint density at radius 1 is 1.04 bits per heavy atom. The van der Waals surface area contributed by atoms with Crippen LogP contribution in [0.1, 0.15) is 28.9 Å². The van der Waals surface area contributed by atoms with Crippen LogP contribution in [0.3, 0.4) is 0 Å². The molecule has 0 fully saturated rings. The first-order chi connectivity index (χ1) is 12.3. The second-order valence-electron chi connectivity index (χ2n) is 6.31. The highest BCUT2D eigenvalue weighted by molar-refractivity contribution is 7.10. The zero-order chi connectivity index (χ0) is 16.8. The maximum Gasteiger partial charge on any atom is 0.204 e. The molecule has 124 valence electrons. The molecule has 2 unspecified atom stereocenters. The van der Waals surface area contributed by atoms with Gasteiger partial charge in [0.2, 0.25) is 5.95 Å². The summed E-state index contributed by atoms with van der Waals surface area (Å²) in [5.41, 5.74) is 3.18. The fourth-order valence-corrected chi connectivity index (χ4v) is 4.44. The Hall–Kier alpha value is -2.66. The third-order valence-corrected chi connectivity index (χ3v) is 5.80. The number of hydrogen-bond acceptors (Lipinski definition) is 3. The van der Waals surface area contributed by atoms with Crippen LogP contribution < -0.4 is 5.32 Å². The Morgan fingerprint density at radius 2 is 1.88 bits per heavy atom. The largest absolute Gasteiger partial charge is 0.348 e. The molecule has 0 saturated carbocycles. The van der Waals surface area contributed by atoms with Gasteiger partial charge in [-0.1, -0.05) is 30.3 Å². The molecule has 0 aliphatic carbocycles. The van der Waals surface area contributed by atoms with Crippen molar-refractivity contribution < 1.29 is 4.39 Å². The summed E-state index contributed by atoms with van der Waals surface area (Å²) in [6.45, 7) is 0. The first-order valence-electron chi connectivity index (χ1n) is 8.32. The number of halogens is 1. The molecule has 3 heterocycles. The number of aromatic nitrogens is 2. The average molecular weight is 349 g/mol. The van der Waals surface area contributed by atoms with Crippen LogP contribution in [0, 0.1) is 5.82 Å². The maximum atomic E-state index is 13.4. The fraction of sp³-hybridized carbons (Fsp3) is 0.150. The van der Waals surface area contributed by atoms with E-state index in [9.17, 15) is 4.39 Å². The molecule has 2 aromatic heterocycles. The van der Waals surface area contributed by atoms with Gasteiger partial charge in [-0.3, -0.25) is 0 Å². The zero-order valence-electron chi connectivity index (χ0n) is 13.4. The normalized spacial score (nSPS) is 19.6. The number of nitrogens with zero attached hydrogens (tertiary/aromatic N) is 2. The van der Waals surface area contributed by atoms with E-state index in [0.29, 0.717) is 0 Å². The molecule has 1 aliphatic rings. The number of imidazole rings is 1. The average Bonchev–Trinajstić information content (AvgIpc) is 3.29. The lowest BCUT2D eigenvalue weighted by molar-refractivity contribution is 0.480. The van der Waals surface area contributed by atoms with Gasteiger partial charge in [-0.05, 0) is 47.7 Å². The van der Waals surface area contributed by atoms with Crippen molar-refractivity contribution in [3.8, 4) is 0 Å². The SMILES string of the molecule is Fc1ccc(C2CC(c3cccs3)Nc3nc4ccccc4n32)cc1. The third-order valence-electron chi connectivity index (χ3n) is 4.81. The highest BCUT2D eigenvalue weighted by Gasteiger charge is 2.31. The molecular formula is C20H16FN3S. The van der Waals surface area contributed by atoms with Crippen LogP contribution in [0.5, 0.6) is 0 Å². The summed E-state index contributed by atoms with van der Waals surface area (Å²) in [7, 11) is 0. The highest BCUT2D eigenvalue weighted by Crippen LogP contribution is 2.41. The summed E-state index contributed by atoms with van der Waals surface area (Å²) in [4.78, 5) is 6.09. The fourth-order valence-electron chi connectivity index (χ4n) is 3.65. The van der Waals surface area contributed by atoms with Crippen molar-refractivity contribution in [1.29, 1.82) is 0 Å². The minimum absolute atomic E-state index is 0.122. The van der Waals surface area contributed by atoms with E-state index in [0.717, 1.165) is 29.0 Å². The topological polar surface area (TPSA) is 29.9 Å². The summed E-state index contributed by atoms with van der Waals surface area (Å²) in [6, 6.07) is 19.6. The van der Waals surface area contributed by atoms with Crippen LogP contribution in [0.15, 0.2) is 66.0 Å². The van der Waals surface area contributed by atoms with Gasteiger partial charge in [0.15, 0.2) is 0 Å². The predicted octanol–water partition coefficient (Wildman–Crippen LogP) is 5.38. The van der Waals surface area contributed by atoms with Crippen molar-refractivity contribution in [2.24, 2.45) is 0 Å². The molecule has 0 radical (unpaired) electrons. The number of para-hydroxylation sites is 2. The lowest BCUT2D eigenvalue weighted by atomic mass is 9.96. The molecule has 5 rings (SSSR count). The second kappa shape index (κ2) is 5.70. The Labute approximate surface area is 148 Å². The molecule has 4 aromatic rings. The summed E-state index contributed by atoms with van der Waals surface area (Å²) < 4.78 is 15.7. The zero-order valence-corrected chi connectivity index (χ0v) is 14.2. The van der Waals surface area contributed by atoms with Gasteiger partial charge in [0.05, 0.1) is 23.1 Å². The van der Waals surface area contributed by atoms with Crippen molar-refractivity contribution >= 4 is 28.3 Å². The van der Waals surface area contributed by atoms with Crippen LogP contribution in [0.25, 0.3) is 11.0 Å². The third kappa shape index (κ3) is 2.43. The van der Waals surface area contributed by atoms with Crippen molar-refractivity contribution in [3.63, 3.8) is 0 Å². The molecule has 5 heteroatoms. The number of benzene rings is 2. The standard InChI is InChI=1S/C20H16FN3S/c21-14-9-7-13(8-10-14)18-12-16(19-6-3-11-25-19)23-20-22-15-4-1-2-5-17(15)24(18)20/h1-11,16,18H,12H2,(H,22,23). The molecule has 0 bridgehead atoms. The quantitative estimate of drug-likeness (QED) is 0.526. The van der Waals surface area contributed by atoms with Gasteiger partial charge in [0.25, 0.3) is 0 Å². The van der Waals surface area contributed by atoms with Gasteiger partial charge in [-0.25, -0.2) is 9.37 Å². The molecule has 1 N–H and O–H groups in total. The highest BCUT2D eigenvalue weighted by atomic mass is 32.1. The predicted molar refractivity (Wildman–Crippen MR) is 99.6 cm³/mol. The van der Waals surface area contributed by atoms with E-state index < -0.39 is 0 Å². The number of anilines is 1. The summed E-state index contributed by atoms with van der Waals surface area (Å²) in [5.74, 6) is 0.670. The molecule has 0 spiro atoms. The maximum absolute atomic E-state index is 13.4. The van der Waals surface area contributed by atoms with Gasteiger partial charge in [0, 0.05) is 4.88 Å². The second-order valence-corrected chi connectivity index (χ2v) is 7.29. The number of hydrogen-bond donors (Lipinski definition) is 1. The lowest BCUT2D eigenvalue weighted by Gasteiger charge is -2.33. The molecule has 0 amide bonds. The molecule has 2 atom stereocenters. The van der Waals surface area contributed by atoms with E-state index >= 15 is 0 Å². The van der Waals surface area contributed by atoms with E-state index in [1.165, 1.54) is 17.0 Å². The van der Waals surface area contributed by atoms with Gasteiger partial charge in [-0.15, -0.1) is 11.3 Å². The molecule has 3 nitrogen and oxygen atoms in total. The van der Waals surface area contributed by atoms with Crippen molar-refractivity contribution in [3.05, 3.63) is 82.3 Å². The van der Waals surface area contributed by atoms with E-state index in [1.807, 2.05) is 30.3 Å². The Balaban J connectivity index is 1.68. The van der Waals surface area contributed by atoms with E-state index in [4.69, 9.17) is 4.98 Å². The number of thiophene rings is 1. The molecule has 2 aromatic carbocycles. The lowest BCUT2D eigenvalue weighted by Crippen LogP contribution is -2.26. The Morgan fingerprint density at radius 3 is 2.68 bits per heavy atom. The van der Waals surface area contributed by atoms with Gasteiger partial charge < -0.3 is 9.88 Å². The Bertz CT molecular complexity index is 1020. The van der Waals surface area contributed by atoms with Gasteiger partial charge in [0.1, 0.15) is 5.82 Å². The minimum atomic E-state index is -0.205. The first kappa shape index (κ1) is 14.7. The van der Waals surface area contributed by atoms with Crippen LogP contribution >= 0.6 is 11.3 Å². The smallest absolute Gasteiger partial charge is 0.204 e. The minimum Gasteiger partial charge on any atom is -0.348 e. The van der Waals surface area contributed by atoms with Gasteiger partial charge in [-0.2, -0.15) is 0 Å². The summed E-state index contributed by atoms with van der Waals surface area (Å²) in [6.07, 6.45) is 0.902. The summed E-state index contributed by atoms with van der Waals surface area (Å²) in [5, 5.41) is 5.69. The Kier molecular flexibility index (Phi) is 3.35. The van der Waals surface area contributed by atoms with Gasteiger partial charge >= 0.3 is 0 Å². The van der Waals surface area contributed by atoms with Crippen LogP contribution in [-0.4, -0.2) is 9.55 Å². The molecular weight excluding hydrogens is 333 g/mol. The van der Waals surface area contributed by atoms with Crippen molar-refractivity contribution in [2.45, 2.75) is 18.5 Å². The van der Waals surface area contributed by atoms with Crippen LogP contribution in [0.4, 0.5) is 10.3 Å². The number of nitrogens with one attached hydrogen (secondary N) is 1. The van der Waals surface area contributed by atoms with Crippen LogP contribution in [0.2, 0.25) is 0 Å². The summed E-state index contributed by atoms with van der Waals surface area (Å²) >= 11 is 1.75. The van der Waals surface area contributed by atoms with Crippen molar-refractivity contribution in [1.82, 2.24) is 9.55 Å². The molecule has 25 heavy (non-hydrogen) atoms. The first-order valence-corrected chi connectivity index (χ1v) is 9.20. The monoisotopic (exact) mass is 349 g/mol. The van der Waals surface area contributed by atoms with Crippen molar-refractivity contribution in [2.75, 3.05) is 5.32 Å². The van der Waals surface area contributed by atoms with Crippen LogP contribution in [-0.2, 0) is 0 Å². The molecule has 1 aliphatic heterocycles. The van der Waals surface area contributed by atoms with E-state index in [-0.39, 0.29) is 17.9 Å². The van der Waals surface area contributed by atoms with E-state index in [1.54, 1.807) is 11.3 Å². The molecule has 0 saturated heterocycles. The number of rotatable bonds is 2. The number of fused-ring (bicyclic) bond motifs is 3. The van der Waals surface area contributed by atoms with E-state index in [2.05, 4.69) is 33.5 Å².